The number of carbonyl (C=O) groups excluding carboxylic acids is 1. The van der Waals surface area contributed by atoms with Crippen LogP contribution in [0.2, 0.25) is 10.0 Å². The number of amides is 1. The Hall–Kier alpha value is -0.930. The van der Waals surface area contributed by atoms with Crippen LogP contribution in [0.1, 0.15) is 46.0 Å². The van der Waals surface area contributed by atoms with Crippen molar-refractivity contribution in [2.75, 3.05) is 6.61 Å². The third kappa shape index (κ3) is 7.58. The SMILES string of the molecule is CCCCCC[C@@H](C)NC(=O)COc1ccc(Cl)cc1Cl. The Morgan fingerprint density at radius 1 is 1.29 bits per heavy atom. The minimum Gasteiger partial charge on any atom is -0.482 e. The number of carbonyl (C=O) groups is 1. The molecule has 1 amide bonds. The van der Waals surface area contributed by atoms with Gasteiger partial charge in [0.2, 0.25) is 0 Å². The van der Waals surface area contributed by atoms with Gasteiger partial charge >= 0.3 is 0 Å². The van der Waals surface area contributed by atoms with Crippen LogP contribution in [0, 0.1) is 0 Å². The van der Waals surface area contributed by atoms with Crippen molar-refractivity contribution in [3.63, 3.8) is 0 Å². The Labute approximate surface area is 137 Å². The molecule has 118 valence electrons. The van der Waals surface area contributed by atoms with Crippen molar-refractivity contribution in [3.05, 3.63) is 28.2 Å². The molecule has 5 heteroatoms. The second kappa shape index (κ2) is 9.91. The third-order valence-electron chi connectivity index (χ3n) is 3.15. The molecule has 1 N–H and O–H groups in total. The van der Waals surface area contributed by atoms with Crippen LogP contribution in [-0.2, 0) is 4.79 Å². The lowest BCUT2D eigenvalue weighted by Crippen LogP contribution is -2.36. The molecule has 1 atom stereocenters. The fourth-order valence-corrected chi connectivity index (χ4v) is 2.46. The highest BCUT2D eigenvalue weighted by atomic mass is 35.5. The summed E-state index contributed by atoms with van der Waals surface area (Å²) in [5.41, 5.74) is 0. The average molecular weight is 332 g/mol. The number of unbranched alkanes of at least 4 members (excludes halogenated alkanes) is 3. The first kappa shape index (κ1) is 18.1. The summed E-state index contributed by atoms with van der Waals surface area (Å²) in [7, 11) is 0. The molecule has 0 saturated heterocycles. The van der Waals surface area contributed by atoms with Crippen LogP contribution < -0.4 is 10.1 Å². The lowest BCUT2D eigenvalue weighted by atomic mass is 10.1. The molecule has 0 bridgehead atoms. The first-order valence-corrected chi connectivity index (χ1v) is 8.15. The predicted molar refractivity (Wildman–Crippen MR) is 88.3 cm³/mol. The summed E-state index contributed by atoms with van der Waals surface area (Å²) in [6.07, 6.45) is 5.81. The van der Waals surface area contributed by atoms with E-state index in [2.05, 4.69) is 12.2 Å². The summed E-state index contributed by atoms with van der Waals surface area (Å²) < 4.78 is 5.39. The van der Waals surface area contributed by atoms with Crippen LogP contribution in [0.15, 0.2) is 18.2 Å². The van der Waals surface area contributed by atoms with Gasteiger partial charge in [0.05, 0.1) is 5.02 Å². The largest absolute Gasteiger partial charge is 0.482 e. The van der Waals surface area contributed by atoms with Gasteiger partial charge in [-0.15, -0.1) is 0 Å². The van der Waals surface area contributed by atoms with Crippen molar-refractivity contribution in [1.29, 1.82) is 0 Å². The minimum atomic E-state index is -0.135. The topological polar surface area (TPSA) is 38.3 Å². The molecule has 0 heterocycles. The lowest BCUT2D eigenvalue weighted by molar-refractivity contribution is -0.123. The molecular weight excluding hydrogens is 309 g/mol. The number of hydrogen-bond acceptors (Lipinski definition) is 2. The maximum absolute atomic E-state index is 11.8. The second-order valence-electron chi connectivity index (χ2n) is 5.18. The summed E-state index contributed by atoms with van der Waals surface area (Å²) in [5.74, 6) is 0.329. The van der Waals surface area contributed by atoms with Crippen LogP contribution in [0.4, 0.5) is 0 Å². The van der Waals surface area contributed by atoms with E-state index in [0.717, 1.165) is 12.8 Å². The van der Waals surface area contributed by atoms with Crippen LogP contribution in [0.25, 0.3) is 0 Å². The predicted octanol–water partition coefficient (Wildman–Crippen LogP) is 4.85. The van der Waals surface area contributed by atoms with Crippen molar-refractivity contribution in [3.8, 4) is 5.75 Å². The van der Waals surface area contributed by atoms with Crippen molar-refractivity contribution < 1.29 is 9.53 Å². The maximum atomic E-state index is 11.8. The molecule has 0 fully saturated rings. The van der Waals surface area contributed by atoms with Gasteiger partial charge in [0, 0.05) is 11.1 Å². The molecule has 1 aromatic carbocycles. The molecule has 0 spiro atoms. The van der Waals surface area contributed by atoms with E-state index < -0.39 is 0 Å². The Kier molecular flexibility index (Phi) is 8.55. The molecule has 3 nitrogen and oxygen atoms in total. The standard InChI is InChI=1S/C16H23Cl2NO2/c1-3-4-5-6-7-12(2)19-16(20)11-21-15-9-8-13(17)10-14(15)18/h8-10,12H,3-7,11H2,1-2H3,(H,19,20)/t12-/m1/s1. The van der Waals surface area contributed by atoms with E-state index in [9.17, 15) is 4.79 Å². The molecule has 0 aliphatic carbocycles. The molecule has 0 unspecified atom stereocenters. The van der Waals surface area contributed by atoms with Crippen molar-refractivity contribution >= 4 is 29.1 Å². The molecule has 1 rings (SSSR count). The minimum absolute atomic E-state index is 0.0410. The normalized spacial score (nSPS) is 12.0. The van der Waals surface area contributed by atoms with Crippen molar-refractivity contribution in [2.45, 2.75) is 52.0 Å². The fraction of sp³-hybridized carbons (Fsp3) is 0.562. The Morgan fingerprint density at radius 3 is 2.71 bits per heavy atom. The number of rotatable bonds is 9. The van der Waals surface area contributed by atoms with E-state index in [1.54, 1.807) is 18.2 Å². The molecule has 21 heavy (non-hydrogen) atoms. The molecule has 0 aromatic heterocycles. The Balaban J connectivity index is 2.27. The molecule has 0 radical (unpaired) electrons. The average Bonchev–Trinajstić information content (AvgIpc) is 2.42. The van der Waals surface area contributed by atoms with E-state index in [4.69, 9.17) is 27.9 Å². The van der Waals surface area contributed by atoms with Crippen LogP contribution in [0.3, 0.4) is 0 Å². The van der Waals surface area contributed by atoms with Crippen molar-refractivity contribution in [1.82, 2.24) is 5.32 Å². The number of halogens is 2. The second-order valence-corrected chi connectivity index (χ2v) is 6.02. The number of benzene rings is 1. The zero-order valence-corrected chi connectivity index (χ0v) is 14.1. The van der Waals surface area contributed by atoms with E-state index in [1.165, 1.54) is 19.3 Å². The van der Waals surface area contributed by atoms with Gasteiger partial charge in [-0.05, 0) is 31.5 Å². The summed E-state index contributed by atoms with van der Waals surface area (Å²) in [5, 5.41) is 3.87. The lowest BCUT2D eigenvalue weighted by Gasteiger charge is -2.14. The highest BCUT2D eigenvalue weighted by Crippen LogP contribution is 2.27. The maximum Gasteiger partial charge on any atom is 0.258 e. The zero-order valence-electron chi connectivity index (χ0n) is 12.6. The van der Waals surface area contributed by atoms with Gasteiger partial charge in [-0.3, -0.25) is 4.79 Å². The molecule has 0 aliphatic heterocycles. The highest BCUT2D eigenvalue weighted by Gasteiger charge is 2.09. The monoisotopic (exact) mass is 331 g/mol. The van der Waals surface area contributed by atoms with Crippen LogP contribution >= 0.6 is 23.2 Å². The van der Waals surface area contributed by atoms with Gasteiger partial charge in [-0.25, -0.2) is 0 Å². The fourth-order valence-electron chi connectivity index (χ4n) is 2.00. The van der Waals surface area contributed by atoms with E-state index in [0.29, 0.717) is 15.8 Å². The number of hydrogen-bond donors (Lipinski definition) is 1. The van der Waals surface area contributed by atoms with Gasteiger partial charge in [0.15, 0.2) is 6.61 Å². The first-order chi connectivity index (χ1) is 10.0. The van der Waals surface area contributed by atoms with E-state index in [-0.39, 0.29) is 18.6 Å². The molecule has 0 saturated carbocycles. The van der Waals surface area contributed by atoms with Crippen LogP contribution in [-0.4, -0.2) is 18.6 Å². The van der Waals surface area contributed by atoms with E-state index in [1.807, 2.05) is 6.92 Å². The van der Waals surface area contributed by atoms with Gasteiger partial charge < -0.3 is 10.1 Å². The molecule has 0 aliphatic rings. The summed E-state index contributed by atoms with van der Waals surface area (Å²) >= 11 is 11.8. The van der Waals surface area contributed by atoms with Crippen LogP contribution in [0.5, 0.6) is 5.75 Å². The highest BCUT2D eigenvalue weighted by molar-refractivity contribution is 6.35. The van der Waals surface area contributed by atoms with Gasteiger partial charge in [0.25, 0.3) is 5.91 Å². The zero-order chi connectivity index (χ0) is 15.7. The van der Waals surface area contributed by atoms with Gasteiger partial charge in [-0.2, -0.15) is 0 Å². The number of ether oxygens (including phenoxy) is 1. The van der Waals surface area contributed by atoms with Gasteiger partial charge in [0.1, 0.15) is 5.75 Å². The summed E-state index contributed by atoms with van der Waals surface area (Å²) in [4.78, 5) is 11.8. The van der Waals surface area contributed by atoms with Gasteiger partial charge in [-0.1, -0.05) is 55.8 Å². The smallest absolute Gasteiger partial charge is 0.258 e. The van der Waals surface area contributed by atoms with Crippen molar-refractivity contribution in [2.24, 2.45) is 0 Å². The summed E-state index contributed by atoms with van der Waals surface area (Å²) in [6, 6.07) is 5.09. The first-order valence-electron chi connectivity index (χ1n) is 7.40. The number of nitrogens with one attached hydrogen (secondary N) is 1. The Bertz CT molecular complexity index is 452. The Morgan fingerprint density at radius 2 is 2.05 bits per heavy atom. The quantitative estimate of drug-likeness (QED) is 0.657. The van der Waals surface area contributed by atoms with E-state index >= 15 is 0 Å². The molecule has 1 aromatic rings. The summed E-state index contributed by atoms with van der Waals surface area (Å²) in [6.45, 7) is 4.16. The molecular formula is C16H23Cl2NO2. The third-order valence-corrected chi connectivity index (χ3v) is 3.68.